The smallest absolute Gasteiger partial charge is 0.408 e. The van der Waals surface area contributed by atoms with Crippen molar-refractivity contribution in [1.82, 2.24) is 14.3 Å². The standard InChI is InChI=1S/C30H34N4O5S/c1-20(2)18-26(33-29(36)39-30(3,4)5)28(35)32-22-11-9-10-21(19-22)24-14-16-31-27-25(24)15-17-34(27)40(37,38)23-12-7-6-8-13-23/h6-17,19-20,26H,18H2,1-5H3,(H,32,35)(H,33,36)/t26-/m1/s1. The van der Waals surface area contributed by atoms with Gasteiger partial charge in [0.25, 0.3) is 10.0 Å². The summed E-state index contributed by atoms with van der Waals surface area (Å²) in [5.41, 5.74) is 1.67. The topological polar surface area (TPSA) is 119 Å². The molecule has 4 rings (SSSR count). The summed E-state index contributed by atoms with van der Waals surface area (Å²) in [6.45, 7) is 9.22. The highest BCUT2D eigenvalue weighted by atomic mass is 32.2. The Kier molecular flexibility index (Phi) is 8.29. The lowest BCUT2D eigenvalue weighted by Gasteiger charge is -2.24. The van der Waals surface area contributed by atoms with E-state index in [4.69, 9.17) is 4.74 Å². The predicted octanol–water partition coefficient (Wildman–Crippen LogP) is 5.82. The minimum Gasteiger partial charge on any atom is -0.444 e. The van der Waals surface area contributed by atoms with Crippen LogP contribution in [0, 0.1) is 5.92 Å². The number of hydrogen-bond acceptors (Lipinski definition) is 6. The van der Waals surface area contributed by atoms with Gasteiger partial charge in [-0.2, -0.15) is 0 Å². The van der Waals surface area contributed by atoms with Crippen LogP contribution in [0.2, 0.25) is 0 Å². The molecule has 40 heavy (non-hydrogen) atoms. The molecule has 2 N–H and O–H groups in total. The van der Waals surface area contributed by atoms with Crippen LogP contribution in [0.3, 0.4) is 0 Å². The highest BCUT2D eigenvalue weighted by molar-refractivity contribution is 7.90. The second kappa shape index (κ2) is 11.5. The molecule has 9 nitrogen and oxygen atoms in total. The zero-order valence-electron chi connectivity index (χ0n) is 23.2. The average Bonchev–Trinajstić information content (AvgIpc) is 3.33. The van der Waals surface area contributed by atoms with Crippen molar-refractivity contribution < 1.29 is 22.7 Å². The number of aromatic nitrogens is 2. The molecule has 210 valence electrons. The van der Waals surface area contributed by atoms with Gasteiger partial charge in [-0.1, -0.05) is 44.2 Å². The van der Waals surface area contributed by atoms with E-state index in [0.29, 0.717) is 23.1 Å². The highest BCUT2D eigenvalue weighted by Gasteiger charge is 2.26. The lowest BCUT2D eigenvalue weighted by molar-refractivity contribution is -0.118. The van der Waals surface area contributed by atoms with Gasteiger partial charge in [-0.3, -0.25) is 4.79 Å². The van der Waals surface area contributed by atoms with Crippen molar-refractivity contribution in [3.63, 3.8) is 0 Å². The van der Waals surface area contributed by atoms with E-state index in [1.54, 1.807) is 87.6 Å². The van der Waals surface area contributed by atoms with Gasteiger partial charge in [0.05, 0.1) is 4.90 Å². The average molecular weight is 563 g/mol. The molecule has 0 aliphatic heterocycles. The lowest BCUT2D eigenvalue weighted by Crippen LogP contribution is -2.46. The molecule has 10 heteroatoms. The van der Waals surface area contributed by atoms with Crippen molar-refractivity contribution in [2.24, 2.45) is 5.92 Å². The fraction of sp³-hybridized carbons (Fsp3) is 0.300. The number of benzene rings is 2. The first-order chi connectivity index (χ1) is 18.8. The van der Waals surface area contributed by atoms with Crippen molar-refractivity contribution in [3.8, 4) is 11.1 Å². The summed E-state index contributed by atoms with van der Waals surface area (Å²) in [5.74, 6) is -0.213. The molecule has 1 atom stereocenters. The summed E-state index contributed by atoms with van der Waals surface area (Å²) in [6.07, 6.45) is 2.83. The number of hydrogen-bond donors (Lipinski definition) is 2. The van der Waals surface area contributed by atoms with Gasteiger partial charge in [0, 0.05) is 23.5 Å². The van der Waals surface area contributed by atoms with E-state index in [-0.39, 0.29) is 16.7 Å². The fourth-order valence-corrected chi connectivity index (χ4v) is 5.64. The zero-order valence-corrected chi connectivity index (χ0v) is 24.0. The predicted molar refractivity (Wildman–Crippen MR) is 155 cm³/mol. The van der Waals surface area contributed by atoms with E-state index in [1.165, 1.54) is 10.2 Å². The second-order valence-corrected chi connectivity index (χ2v) is 12.7. The molecule has 0 aliphatic rings. The Balaban J connectivity index is 1.61. The van der Waals surface area contributed by atoms with Gasteiger partial charge >= 0.3 is 6.09 Å². The van der Waals surface area contributed by atoms with E-state index < -0.39 is 27.8 Å². The Bertz CT molecular complexity index is 1620. The summed E-state index contributed by atoms with van der Waals surface area (Å²) in [6, 6.07) is 18.1. The van der Waals surface area contributed by atoms with Crippen LogP contribution in [-0.2, 0) is 19.6 Å². The Labute approximate surface area is 234 Å². The molecule has 2 aromatic heterocycles. The van der Waals surface area contributed by atoms with Crippen LogP contribution in [0.1, 0.15) is 41.0 Å². The van der Waals surface area contributed by atoms with Crippen molar-refractivity contribution >= 4 is 38.7 Å². The minimum absolute atomic E-state index is 0.151. The van der Waals surface area contributed by atoms with Crippen molar-refractivity contribution in [1.29, 1.82) is 0 Å². The van der Waals surface area contributed by atoms with Gasteiger partial charge in [-0.05, 0) is 80.6 Å². The summed E-state index contributed by atoms with van der Waals surface area (Å²) >= 11 is 0. The minimum atomic E-state index is -3.83. The van der Waals surface area contributed by atoms with E-state index >= 15 is 0 Å². The fourth-order valence-electron chi connectivity index (χ4n) is 4.31. The molecule has 0 spiro atoms. The summed E-state index contributed by atoms with van der Waals surface area (Å²) < 4.78 is 33.0. The van der Waals surface area contributed by atoms with Gasteiger partial charge in [-0.15, -0.1) is 0 Å². The Morgan fingerprint density at radius 3 is 2.40 bits per heavy atom. The summed E-state index contributed by atoms with van der Waals surface area (Å²) in [7, 11) is -3.83. The van der Waals surface area contributed by atoms with Crippen molar-refractivity contribution in [2.75, 3.05) is 5.32 Å². The number of nitrogens with zero attached hydrogens (tertiary/aromatic N) is 2. The third-order valence-electron chi connectivity index (χ3n) is 6.01. The Hall–Kier alpha value is -4.18. The number of fused-ring (bicyclic) bond motifs is 1. The van der Waals surface area contributed by atoms with Crippen LogP contribution < -0.4 is 10.6 Å². The Morgan fingerprint density at radius 2 is 1.73 bits per heavy atom. The molecular formula is C30H34N4O5S. The van der Waals surface area contributed by atoms with Crippen molar-refractivity contribution in [3.05, 3.63) is 79.1 Å². The number of anilines is 1. The number of amides is 2. The van der Waals surface area contributed by atoms with E-state index in [9.17, 15) is 18.0 Å². The first kappa shape index (κ1) is 28.8. The molecule has 4 aromatic rings. The van der Waals surface area contributed by atoms with E-state index in [2.05, 4.69) is 15.6 Å². The number of alkyl carbamates (subject to hydrolysis) is 1. The lowest BCUT2D eigenvalue weighted by atomic mass is 10.0. The van der Waals surface area contributed by atoms with Crippen LogP contribution in [0.15, 0.2) is 84.0 Å². The summed E-state index contributed by atoms with van der Waals surface area (Å²) in [5, 5.41) is 6.23. The number of carbonyl (C=O) groups is 2. The molecule has 0 saturated carbocycles. The van der Waals surface area contributed by atoms with Gasteiger partial charge in [0.1, 0.15) is 11.6 Å². The second-order valence-electron chi connectivity index (χ2n) is 10.9. The van der Waals surface area contributed by atoms with Gasteiger partial charge < -0.3 is 15.4 Å². The van der Waals surface area contributed by atoms with Gasteiger partial charge in [-0.25, -0.2) is 22.2 Å². The molecule has 0 aliphatic carbocycles. The molecule has 0 unspecified atom stereocenters. The molecule has 0 bridgehead atoms. The number of rotatable bonds is 8. The highest BCUT2D eigenvalue weighted by Crippen LogP contribution is 2.31. The molecule has 2 aromatic carbocycles. The van der Waals surface area contributed by atoms with Crippen LogP contribution in [0.25, 0.3) is 22.2 Å². The van der Waals surface area contributed by atoms with E-state index in [1.807, 2.05) is 19.9 Å². The SMILES string of the molecule is CC(C)C[C@@H](NC(=O)OC(C)(C)C)C(=O)Nc1cccc(-c2ccnc3c2ccn3S(=O)(=O)c2ccccc2)c1. The molecular weight excluding hydrogens is 528 g/mol. The number of carbonyl (C=O) groups excluding carboxylic acids is 2. The van der Waals surface area contributed by atoms with E-state index in [0.717, 1.165) is 11.1 Å². The maximum absolute atomic E-state index is 13.3. The van der Waals surface area contributed by atoms with Crippen molar-refractivity contribution in [2.45, 2.75) is 57.6 Å². The molecule has 2 amide bonds. The molecule has 0 fully saturated rings. The third kappa shape index (κ3) is 6.69. The zero-order chi connectivity index (χ0) is 29.1. The maximum Gasteiger partial charge on any atom is 0.408 e. The summed E-state index contributed by atoms with van der Waals surface area (Å²) in [4.78, 5) is 30.1. The first-order valence-electron chi connectivity index (χ1n) is 13.0. The third-order valence-corrected chi connectivity index (χ3v) is 7.69. The van der Waals surface area contributed by atoms with Gasteiger partial charge in [0.2, 0.25) is 5.91 Å². The Morgan fingerprint density at radius 1 is 1.00 bits per heavy atom. The number of ether oxygens (including phenoxy) is 1. The number of nitrogens with one attached hydrogen (secondary N) is 2. The molecule has 0 saturated heterocycles. The molecule has 2 heterocycles. The van der Waals surface area contributed by atoms with Crippen LogP contribution in [-0.4, -0.2) is 41.0 Å². The number of pyridine rings is 1. The van der Waals surface area contributed by atoms with Gasteiger partial charge in [0.15, 0.2) is 5.65 Å². The van der Waals surface area contributed by atoms with Crippen LogP contribution in [0.4, 0.5) is 10.5 Å². The normalized spacial score (nSPS) is 12.8. The largest absolute Gasteiger partial charge is 0.444 e. The van der Waals surface area contributed by atoms with Crippen LogP contribution >= 0.6 is 0 Å². The monoisotopic (exact) mass is 562 g/mol. The maximum atomic E-state index is 13.3. The first-order valence-corrected chi connectivity index (χ1v) is 14.5. The quantitative estimate of drug-likeness (QED) is 0.279. The van der Waals surface area contributed by atoms with Crippen LogP contribution in [0.5, 0.6) is 0 Å². The molecule has 0 radical (unpaired) electrons.